The van der Waals surface area contributed by atoms with Crippen LogP contribution in [0.1, 0.15) is 129 Å². The Labute approximate surface area is 151 Å². The lowest BCUT2D eigenvalue weighted by Crippen LogP contribution is -2.07. The normalized spacial score (nSPS) is 22.9. The fourth-order valence-electron chi connectivity index (χ4n) is 3.66. The molecule has 0 amide bonds. The molecule has 0 bridgehead atoms. The highest BCUT2D eigenvalue weighted by Gasteiger charge is 2.56. The van der Waals surface area contributed by atoms with Crippen LogP contribution in [-0.2, 0) is 4.74 Å². The van der Waals surface area contributed by atoms with Crippen molar-refractivity contribution in [1.82, 2.24) is 0 Å². The Balaban J connectivity index is 1.80. The Kier molecular flexibility index (Phi) is 12.9. The topological polar surface area (TPSA) is 12.5 Å². The van der Waals surface area contributed by atoms with Crippen molar-refractivity contribution in [3.8, 4) is 0 Å². The Bertz CT molecular complexity index is 281. The third-order valence-electron chi connectivity index (χ3n) is 5.45. The first-order valence-corrected chi connectivity index (χ1v) is 11.1. The first kappa shape index (κ1) is 21.9. The molecule has 0 spiro atoms. The van der Waals surface area contributed by atoms with Crippen molar-refractivity contribution in [1.29, 1.82) is 0 Å². The zero-order valence-corrected chi connectivity index (χ0v) is 16.6. The van der Waals surface area contributed by atoms with Crippen molar-refractivity contribution < 1.29 is 9.13 Å². The summed E-state index contributed by atoms with van der Waals surface area (Å²) in [5, 5.41) is 0. The number of unbranched alkanes of at least 4 members (excludes halogenated alkanes) is 14. The van der Waals surface area contributed by atoms with Crippen molar-refractivity contribution in [3.63, 3.8) is 0 Å². The van der Waals surface area contributed by atoms with Crippen molar-refractivity contribution >= 4 is 0 Å². The highest BCUT2D eigenvalue weighted by molar-refractivity contribution is 4.93. The SMILES string of the molecule is CCCCCCCCCCCCCC1OC1(F)CCCCCCC. The number of hydrogen-bond acceptors (Lipinski definition) is 1. The first-order chi connectivity index (χ1) is 11.7. The van der Waals surface area contributed by atoms with Crippen molar-refractivity contribution in [2.45, 2.75) is 141 Å². The summed E-state index contributed by atoms with van der Waals surface area (Å²) in [4.78, 5) is 0. The summed E-state index contributed by atoms with van der Waals surface area (Å²) in [7, 11) is 0. The van der Waals surface area contributed by atoms with Gasteiger partial charge in [-0.3, -0.25) is 0 Å². The minimum absolute atomic E-state index is 0.0813. The van der Waals surface area contributed by atoms with Gasteiger partial charge in [0.25, 0.3) is 0 Å². The Morgan fingerprint density at radius 3 is 1.54 bits per heavy atom. The van der Waals surface area contributed by atoms with Gasteiger partial charge in [-0.1, -0.05) is 110 Å². The maximum atomic E-state index is 14.3. The van der Waals surface area contributed by atoms with Crippen molar-refractivity contribution in [3.05, 3.63) is 0 Å². The molecule has 2 heteroatoms. The molecule has 0 aromatic carbocycles. The van der Waals surface area contributed by atoms with E-state index in [4.69, 9.17) is 4.74 Å². The van der Waals surface area contributed by atoms with E-state index in [-0.39, 0.29) is 6.10 Å². The predicted octanol–water partition coefficient (Wildman–Crippen LogP) is 8.11. The standard InChI is InChI=1S/C22H43FO/c1-3-5-7-9-10-11-12-13-14-15-17-19-21-22(23,24-21)20-18-16-8-6-4-2/h21H,3-20H2,1-2H3. The molecular formula is C22H43FO. The maximum Gasteiger partial charge on any atom is 0.236 e. The van der Waals surface area contributed by atoms with Crippen LogP contribution in [0, 0.1) is 0 Å². The molecule has 2 unspecified atom stereocenters. The van der Waals surface area contributed by atoms with Gasteiger partial charge >= 0.3 is 0 Å². The second kappa shape index (κ2) is 14.1. The molecule has 1 rings (SSSR count). The van der Waals surface area contributed by atoms with Crippen molar-refractivity contribution in [2.24, 2.45) is 0 Å². The molecule has 0 N–H and O–H groups in total. The molecule has 0 aliphatic carbocycles. The van der Waals surface area contributed by atoms with Gasteiger partial charge in [-0.2, -0.15) is 0 Å². The van der Waals surface area contributed by atoms with Gasteiger partial charge in [-0.15, -0.1) is 0 Å². The average molecular weight is 343 g/mol. The van der Waals surface area contributed by atoms with Gasteiger partial charge in [-0.05, 0) is 12.8 Å². The molecule has 1 nitrogen and oxygen atoms in total. The maximum absolute atomic E-state index is 14.3. The Morgan fingerprint density at radius 2 is 1.04 bits per heavy atom. The lowest BCUT2D eigenvalue weighted by atomic mass is 10.0. The molecule has 0 radical (unpaired) electrons. The van der Waals surface area contributed by atoms with E-state index in [0.29, 0.717) is 6.42 Å². The van der Waals surface area contributed by atoms with E-state index in [9.17, 15) is 4.39 Å². The number of halogens is 1. The summed E-state index contributed by atoms with van der Waals surface area (Å²) in [6, 6.07) is 0. The quantitative estimate of drug-likeness (QED) is 0.181. The number of epoxide rings is 1. The van der Waals surface area contributed by atoms with Gasteiger partial charge in [0.05, 0.1) is 0 Å². The van der Waals surface area contributed by atoms with E-state index < -0.39 is 5.85 Å². The number of ether oxygens (including phenoxy) is 1. The fraction of sp³-hybridized carbons (Fsp3) is 1.00. The molecule has 24 heavy (non-hydrogen) atoms. The minimum atomic E-state index is -1.25. The van der Waals surface area contributed by atoms with E-state index >= 15 is 0 Å². The van der Waals surface area contributed by atoms with Gasteiger partial charge < -0.3 is 4.74 Å². The number of hydrogen-bond donors (Lipinski definition) is 0. The lowest BCUT2D eigenvalue weighted by molar-refractivity contribution is 0.126. The van der Waals surface area contributed by atoms with Crippen LogP contribution >= 0.6 is 0 Å². The highest BCUT2D eigenvalue weighted by atomic mass is 19.2. The summed E-state index contributed by atoms with van der Waals surface area (Å²) < 4.78 is 19.6. The molecule has 1 saturated heterocycles. The van der Waals surface area contributed by atoms with E-state index in [2.05, 4.69) is 13.8 Å². The van der Waals surface area contributed by atoms with Gasteiger partial charge in [-0.25, -0.2) is 4.39 Å². The minimum Gasteiger partial charge on any atom is -0.334 e. The summed E-state index contributed by atoms with van der Waals surface area (Å²) in [6.07, 6.45) is 22.3. The third-order valence-corrected chi connectivity index (χ3v) is 5.45. The van der Waals surface area contributed by atoms with Crippen LogP contribution in [0.25, 0.3) is 0 Å². The Hall–Kier alpha value is -0.110. The number of rotatable bonds is 18. The largest absolute Gasteiger partial charge is 0.334 e. The summed E-state index contributed by atoms with van der Waals surface area (Å²) in [5.74, 6) is -1.25. The average Bonchev–Trinajstić information content (AvgIpc) is 3.22. The van der Waals surface area contributed by atoms with E-state index in [1.807, 2.05) is 0 Å². The first-order valence-electron chi connectivity index (χ1n) is 11.1. The zero-order chi connectivity index (χ0) is 17.5. The molecular weight excluding hydrogens is 299 g/mol. The Morgan fingerprint density at radius 1 is 0.625 bits per heavy atom. The highest BCUT2D eigenvalue weighted by Crippen LogP contribution is 2.45. The van der Waals surface area contributed by atoms with Gasteiger partial charge in [0.15, 0.2) is 0 Å². The van der Waals surface area contributed by atoms with Crippen LogP contribution in [0.3, 0.4) is 0 Å². The van der Waals surface area contributed by atoms with Gasteiger partial charge in [0, 0.05) is 6.42 Å². The van der Waals surface area contributed by atoms with Crippen LogP contribution in [0.15, 0.2) is 0 Å². The molecule has 0 aromatic heterocycles. The van der Waals surface area contributed by atoms with E-state index in [0.717, 1.165) is 25.7 Å². The molecule has 0 saturated carbocycles. The van der Waals surface area contributed by atoms with Gasteiger partial charge in [0.1, 0.15) is 6.10 Å². The summed E-state index contributed by atoms with van der Waals surface area (Å²) >= 11 is 0. The predicted molar refractivity (Wildman–Crippen MR) is 103 cm³/mol. The van der Waals surface area contributed by atoms with Crippen LogP contribution in [0.2, 0.25) is 0 Å². The van der Waals surface area contributed by atoms with Crippen LogP contribution < -0.4 is 0 Å². The van der Waals surface area contributed by atoms with Crippen LogP contribution in [0.5, 0.6) is 0 Å². The summed E-state index contributed by atoms with van der Waals surface area (Å²) in [5.41, 5.74) is 0. The molecule has 0 aromatic rings. The van der Waals surface area contributed by atoms with Crippen LogP contribution in [-0.4, -0.2) is 12.0 Å². The van der Waals surface area contributed by atoms with Crippen molar-refractivity contribution in [2.75, 3.05) is 0 Å². The molecule has 144 valence electrons. The van der Waals surface area contributed by atoms with E-state index in [1.165, 1.54) is 83.5 Å². The monoisotopic (exact) mass is 342 g/mol. The van der Waals surface area contributed by atoms with E-state index in [1.54, 1.807) is 0 Å². The smallest absolute Gasteiger partial charge is 0.236 e. The van der Waals surface area contributed by atoms with Gasteiger partial charge in [0.2, 0.25) is 5.85 Å². The number of alkyl halides is 1. The zero-order valence-electron chi connectivity index (χ0n) is 16.6. The second-order valence-electron chi connectivity index (χ2n) is 7.88. The molecule has 1 aliphatic heterocycles. The molecule has 1 fully saturated rings. The molecule has 1 aliphatic rings. The lowest BCUT2D eigenvalue weighted by Gasteiger charge is -2.04. The summed E-state index contributed by atoms with van der Waals surface area (Å²) in [6.45, 7) is 4.48. The fourth-order valence-corrected chi connectivity index (χ4v) is 3.66. The molecule has 1 heterocycles. The third kappa shape index (κ3) is 10.7. The molecule has 2 atom stereocenters. The van der Waals surface area contributed by atoms with Crippen LogP contribution in [0.4, 0.5) is 4.39 Å². The second-order valence-corrected chi connectivity index (χ2v) is 7.88.